The standard InChI is InChI=1S/C23H23N3O4/c1-30-15-6-2-5-14(11-15)16-7-3-9-25-20(16)13-24-21(25)19-8-4-10-26(19)22(27)17-12-18(17)23(28)29/h2-3,5-7,9,11,13,17-19H,4,8,10,12H2,1H3,(H,28,29). The molecule has 1 saturated heterocycles. The zero-order valence-corrected chi connectivity index (χ0v) is 16.7. The second-order valence-corrected chi connectivity index (χ2v) is 8.00. The summed E-state index contributed by atoms with van der Waals surface area (Å²) in [6, 6.07) is 11.8. The van der Waals surface area contributed by atoms with E-state index < -0.39 is 11.9 Å². The maximum absolute atomic E-state index is 12.9. The molecule has 1 saturated carbocycles. The Morgan fingerprint density at radius 2 is 2.07 bits per heavy atom. The van der Waals surface area contributed by atoms with Crippen molar-refractivity contribution in [3.05, 3.63) is 54.6 Å². The Morgan fingerprint density at radius 1 is 1.20 bits per heavy atom. The Bertz CT molecular complexity index is 1140. The number of pyridine rings is 1. The Labute approximate surface area is 173 Å². The van der Waals surface area contributed by atoms with E-state index in [1.807, 2.05) is 52.0 Å². The second kappa shape index (κ2) is 7.16. The molecule has 0 bridgehead atoms. The molecule has 2 aromatic heterocycles. The highest BCUT2D eigenvalue weighted by Gasteiger charge is 2.51. The molecule has 3 heterocycles. The van der Waals surface area contributed by atoms with Gasteiger partial charge in [-0.2, -0.15) is 0 Å². The minimum Gasteiger partial charge on any atom is -0.497 e. The monoisotopic (exact) mass is 405 g/mol. The summed E-state index contributed by atoms with van der Waals surface area (Å²) in [6.45, 7) is 0.650. The number of rotatable bonds is 5. The lowest BCUT2D eigenvalue weighted by molar-refractivity contribution is -0.142. The number of ether oxygens (including phenoxy) is 1. The number of hydrogen-bond acceptors (Lipinski definition) is 4. The largest absolute Gasteiger partial charge is 0.497 e. The third-order valence-electron chi connectivity index (χ3n) is 6.24. The number of carboxylic acid groups (broad SMARTS) is 1. The quantitative estimate of drug-likeness (QED) is 0.703. The van der Waals surface area contributed by atoms with Crippen LogP contribution in [0.2, 0.25) is 0 Å². The Hall–Kier alpha value is -3.35. The number of fused-ring (bicyclic) bond motifs is 1. The summed E-state index contributed by atoms with van der Waals surface area (Å²) in [4.78, 5) is 30.7. The highest BCUT2D eigenvalue weighted by atomic mass is 16.5. The van der Waals surface area contributed by atoms with Crippen molar-refractivity contribution in [1.82, 2.24) is 14.3 Å². The van der Waals surface area contributed by atoms with Gasteiger partial charge in [0.15, 0.2) is 0 Å². The van der Waals surface area contributed by atoms with Gasteiger partial charge in [0.2, 0.25) is 5.91 Å². The highest BCUT2D eigenvalue weighted by molar-refractivity contribution is 5.90. The van der Waals surface area contributed by atoms with Crippen LogP contribution in [0.4, 0.5) is 0 Å². The van der Waals surface area contributed by atoms with Crippen LogP contribution in [0, 0.1) is 11.8 Å². The van der Waals surface area contributed by atoms with Crippen LogP contribution in [0.1, 0.15) is 31.1 Å². The van der Waals surface area contributed by atoms with E-state index in [-0.39, 0.29) is 17.9 Å². The molecule has 2 fully saturated rings. The molecule has 7 nitrogen and oxygen atoms in total. The molecule has 0 radical (unpaired) electrons. The normalized spacial score (nSPS) is 23.0. The van der Waals surface area contributed by atoms with Gasteiger partial charge in [-0.05, 0) is 43.0 Å². The van der Waals surface area contributed by atoms with E-state index in [9.17, 15) is 14.7 Å². The van der Waals surface area contributed by atoms with E-state index in [0.717, 1.165) is 41.1 Å². The van der Waals surface area contributed by atoms with Gasteiger partial charge in [-0.25, -0.2) is 4.98 Å². The van der Waals surface area contributed by atoms with E-state index in [0.29, 0.717) is 13.0 Å². The van der Waals surface area contributed by atoms with E-state index in [4.69, 9.17) is 9.72 Å². The smallest absolute Gasteiger partial charge is 0.307 e. The molecule has 3 unspecified atom stereocenters. The zero-order chi connectivity index (χ0) is 20.8. The number of methoxy groups -OCH3 is 1. The van der Waals surface area contributed by atoms with Crippen molar-refractivity contribution in [3.8, 4) is 16.9 Å². The number of carbonyl (C=O) groups is 2. The summed E-state index contributed by atoms with van der Waals surface area (Å²) in [7, 11) is 1.65. The molecule has 7 heteroatoms. The minimum absolute atomic E-state index is 0.0504. The Kier molecular flexibility index (Phi) is 4.46. The predicted octanol–water partition coefficient (Wildman–Crippen LogP) is 3.39. The van der Waals surface area contributed by atoms with Gasteiger partial charge in [0.25, 0.3) is 0 Å². The SMILES string of the molecule is COc1cccc(-c2cccn3c(C4CCCN4C(=O)C4CC4C(=O)O)ncc23)c1. The van der Waals surface area contributed by atoms with Crippen molar-refractivity contribution in [2.45, 2.75) is 25.3 Å². The molecular weight excluding hydrogens is 382 g/mol. The number of benzene rings is 1. The van der Waals surface area contributed by atoms with Crippen LogP contribution in [-0.4, -0.2) is 44.9 Å². The molecule has 2 aliphatic rings. The third kappa shape index (κ3) is 3.01. The second-order valence-electron chi connectivity index (χ2n) is 8.00. The average Bonchev–Trinajstić information content (AvgIpc) is 3.23. The first-order chi connectivity index (χ1) is 14.6. The molecular formula is C23H23N3O4. The van der Waals surface area contributed by atoms with Crippen LogP contribution in [0.25, 0.3) is 16.6 Å². The van der Waals surface area contributed by atoms with Gasteiger partial charge in [0, 0.05) is 18.3 Å². The van der Waals surface area contributed by atoms with Crippen molar-refractivity contribution >= 4 is 17.4 Å². The molecule has 1 amide bonds. The summed E-state index contributed by atoms with van der Waals surface area (Å²) in [6.07, 6.45) is 5.99. The van der Waals surface area contributed by atoms with Gasteiger partial charge in [0.05, 0.1) is 36.7 Å². The number of carboxylic acids is 1. The van der Waals surface area contributed by atoms with Gasteiger partial charge in [-0.3, -0.25) is 9.59 Å². The zero-order valence-electron chi connectivity index (χ0n) is 16.7. The van der Waals surface area contributed by atoms with Crippen molar-refractivity contribution in [2.75, 3.05) is 13.7 Å². The maximum Gasteiger partial charge on any atom is 0.307 e. The fourth-order valence-corrected chi connectivity index (χ4v) is 4.58. The number of aromatic nitrogens is 2. The van der Waals surface area contributed by atoms with Crippen LogP contribution in [0.3, 0.4) is 0 Å². The first-order valence-electron chi connectivity index (χ1n) is 10.2. The number of nitrogens with zero attached hydrogens (tertiary/aromatic N) is 3. The molecule has 30 heavy (non-hydrogen) atoms. The minimum atomic E-state index is -0.877. The summed E-state index contributed by atoms with van der Waals surface area (Å²) in [5, 5.41) is 9.19. The highest BCUT2D eigenvalue weighted by Crippen LogP contribution is 2.43. The molecule has 1 aromatic carbocycles. The lowest BCUT2D eigenvalue weighted by Gasteiger charge is -2.24. The maximum atomic E-state index is 12.9. The van der Waals surface area contributed by atoms with Gasteiger partial charge in [-0.15, -0.1) is 0 Å². The fraction of sp³-hybridized carbons (Fsp3) is 0.348. The van der Waals surface area contributed by atoms with Crippen LogP contribution in [-0.2, 0) is 9.59 Å². The molecule has 3 aromatic rings. The summed E-state index contributed by atoms with van der Waals surface area (Å²) in [5.74, 6) is -0.228. The Balaban J connectivity index is 1.49. The molecule has 1 aliphatic carbocycles. The van der Waals surface area contributed by atoms with E-state index in [1.54, 1.807) is 7.11 Å². The fourth-order valence-electron chi connectivity index (χ4n) is 4.58. The molecule has 154 valence electrons. The van der Waals surface area contributed by atoms with Gasteiger partial charge in [-0.1, -0.05) is 18.2 Å². The summed E-state index contributed by atoms with van der Waals surface area (Å²) >= 11 is 0. The van der Waals surface area contributed by atoms with Crippen molar-refractivity contribution in [3.63, 3.8) is 0 Å². The molecule has 1 aliphatic heterocycles. The van der Waals surface area contributed by atoms with Gasteiger partial charge in [0.1, 0.15) is 11.6 Å². The Morgan fingerprint density at radius 3 is 2.83 bits per heavy atom. The van der Waals surface area contributed by atoms with E-state index >= 15 is 0 Å². The lowest BCUT2D eigenvalue weighted by atomic mass is 10.1. The predicted molar refractivity (Wildman–Crippen MR) is 110 cm³/mol. The molecule has 5 rings (SSSR count). The van der Waals surface area contributed by atoms with Gasteiger partial charge >= 0.3 is 5.97 Å². The number of hydrogen-bond donors (Lipinski definition) is 1. The topological polar surface area (TPSA) is 84.1 Å². The van der Waals surface area contributed by atoms with Crippen molar-refractivity contribution in [2.24, 2.45) is 11.8 Å². The lowest BCUT2D eigenvalue weighted by Crippen LogP contribution is -2.33. The third-order valence-corrected chi connectivity index (χ3v) is 6.24. The van der Waals surface area contributed by atoms with Crippen LogP contribution in [0.5, 0.6) is 5.75 Å². The number of carbonyl (C=O) groups excluding carboxylic acids is 1. The van der Waals surface area contributed by atoms with Crippen molar-refractivity contribution < 1.29 is 19.4 Å². The average molecular weight is 405 g/mol. The number of amides is 1. The molecule has 0 spiro atoms. The van der Waals surface area contributed by atoms with E-state index in [2.05, 4.69) is 6.07 Å². The van der Waals surface area contributed by atoms with E-state index in [1.165, 1.54) is 0 Å². The van der Waals surface area contributed by atoms with Crippen LogP contribution >= 0.6 is 0 Å². The van der Waals surface area contributed by atoms with Gasteiger partial charge < -0.3 is 19.1 Å². The summed E-state index contributed by atoms with van der Waals surface area (Å²) < 4.78 is 7.41. The number of imidazole rings is 1. The molecule has 3 atom stereocenters. The number of likely N-dealkylation sites (tertiary alicyclic amines) is 1. The first-order valence-corrected chi connectivity index (χ1v) is 10.2. The first kappa shape index (κ1) is 18.7. The van der Waals surface area contributed by atoms with Crippen LogP contribution in [0.15, 0.2) is 48.8 Å². The number of aliphatic carboxylic acids is 1. The summed E-state index contributed by atoms with van der Waals surface area (Å²) in [5.41, 5.74) is 3.04. The van der Waals surface area contributed by atoms with Crippen molar-refractivity contribution in [1.29, 1.82) is 0 Å². The molecule has 1 N–H and O–H groups in total. The van der Waals surface area contributed by atoms with Crippen LogP contribution < -0.4 is 4.74 Å².